The van der Waals surface area contributed by atoms with Crippen LogP contribution in [-0.2, 0) is 14.3 Å². The molecule has 3 aromatic rings. The van der Waals surface area contributed by atoms with Crippen LogP contribution in [0.2, 0.25) is 0 Å². The highest BCUT2D eigenvalue weighted by Gasteiger charge is 2.44. The first-order valence-electron chi connectivity index (χ1n) is 11.6. The zero-order chi connectivity index (χ0) is 27.0. The van der Waals surface area contributed by atoms with Crippen LogP contribution >= 0.6 is 11.3 Å². The van der Waals surface area contributed by atoms with Crippen molar-refractivity contribution in [2.75, 3.05) is 17.2 Å². The third-order valence-electron chi connectivity index (χ3n) is 5.74. The number of aryl methyl sites for hydroxylation is 1. The van der Waals surface area contributed by atoms with E-state index in [0.717, 1.165) is 4.70 Å². The van der Waals surface area contributed by atoms with Gasteiger partial charge in [-0.25, -0.2) is 23.5 Å². The molecule has 1 atom stereocenters. The summed E-state index contributed by atoms with van der Waals surface area (Å²) in [5.74, 6) is -4.63. The quantitative estimate of drug-likeness (QED) is 0.445. The van der Waals surface area contributed by atoms with Crippen LogP contribution < -0.4 is 10.6 Å². The fraction of sp³-hybridized carbons (Fsp3) is 0.400. The number of amides is 3. The van der Waals surface area contributed by atoms with E-state index in [1.807, 2.05) is 0 Å². The van der Waals surface area contributed by atoms with E-state index in [9.17, 15) is 23.2 Å². The van der Waals surface area contributed by atoms with Crippen LogP contribution in [0.3, 0.4) is 0 Å². The number of hydrogen-bond donors (Lipinski definition) is 2. The largest absolute Gasteiger partial charge is 0.444 e. The molecular formula is C25H27F2N5O4S. The summed E-state index contributed by atoms with van der Waals surface area (Å²) in [4.78, 5) is 47.5. The van der Waals surface area contributed by atoms with Crippen molar-refractivity contribution < 1.29 is 27.9 Å². The van der Waals surface area contributed by atoms with Crippen molar-refractivity contribution in [2.24, 2.45) is 0 Å². The van der Waals surface area contributed by atoms with E-state index in [0.29, 0.717) is 16.6 Å². The van der Waals surface area contributed by atoms with Crippen molar-refractivity contribution in [2.45, 2.75) is 58.1 Å². The fourth-order valence-electron chi connectivity index (χ4n) is 4.05. The summed E-state index contributed by atoms with van der Waals surface area (Å²) in [6.07, 6.45) is -0.525. The van der Waals surface area contributed by atoms with Crippen LogP contribution in [-0.4, -0.2) is 50.8 Å². The van der Waals surface area contributed by atoms with Crippen LogP contribution in [0.5, 0.6) is 0 Å². The summed E-state index contributed by atoms with van der Waals surface area (Å²) in [6.45, 7) is 6.58. The number of nitrogens with one attached hydrogen (secondary N) is 2. The number of halogens is 2. The van der Waals surface area contributed by atoms with E-state index in [1.54, 1.807) is 51.4 Å². The molecule has 0 spiro atoms. The van der Waals surface area contributed by atoms with Gasteiger partial charge in [0.1, 0.15) is 11.4 Å². The van der Waals surface area contributed by atoms with E-state index < -0.39 is 48.3 Å². The molecule has 3 heterocycles. The number of hydrogen-bond acceptors (Lipinski definition) is 7. The summed E-state index contributed by atoms with van der Waals surface area (Å²) in [6, 6.07) is 5.70. The number of carbonyl (C=O) groups is 3. The van der Waals surface area contributed by atoms with Gasteiger partial charge in [-0.1, -0.05) is 6.07 Å². The van der Waals surface area contributed by atoms with Crippen molar-refractivity contribution in [1.82, 2.24) is 14.9 Å². The molecule has 0 bridgehead atoms. The highest BCUT2D eigenvalue weighted by Crippen LogP contribution is 2.40. The lowest BCUT2D eigenvalue weighted by Gasteiger charge is -2.39. The molecule has 37 heavy (non-hydrogen) atoms. The van der Waals surface area contributed by atoms with Gasteiger partial charge < -0.3 is 15.0 Å². The zero-order valence-corrected chi connectivity index (χ0v) is 21.6. The minimum atomic E-state index is -2.97. The molecule has 2 aromatic heterocycles. The molecule has 1 aromatic carbocycles. The molecule has 1 aliphatic rings. The van der Waals surface area contributed by atoms with Gasteiger partial charge in [0, 0.05) is 19.4 Å². The number of benzene rings is 1. The van der Waals surface area contributed by atoms with Gasteiger partial charge in [-0.2, -0.15) is 0 Å². The Kier molecular flexibility index (Phi) is 7.13. The van der Waals surface area contributed by atoms with Gasteiger partial charge >= 0.3 is 17.9 Å². The Morgan fingerprint density at radius 2 is 1.92 bits per heavy atom. The maximum absolute atomic E-state index is 14.3. The van der Waals surface area contributed by atoms with Crippen molar-refractivity contribution >= 4 is 51.0 Å². The standard InChI is InChI=1S/C25H27F2N5O4S/c1-14-9-16(12-28-20(14)31-23(35)36-24(2,3)4)30-21(33)22(34)32-8-7-25(26,27)11-18(32)15-5-6-19-17(10-15)29-13-37-19/h5-6,9-10,12-13,18H,7-8,11H2,1-4H3,(H,30,33)(H,28,31,35)/t18-/m0/s1. The van der Waals surface area contributed by atoms with E-state index in [1.165, 1.54) is 28.5 Å². The van der Waals surface area contributed by atoms with Crippen LogP contribution in [0.4, 0.5) is 25.1 Å². The Hall–Kier alpha value is -3.67. The number of piperidine rings is 1. The van der Waals surface area contributed by atoms with E-state index in [2.05, 4.69) is 20.6 Å². The number of anilines is 2. The van der Waals surface area contributed by atoms with Gasteiger partial charge in [-0.15, -0.1) is 11.3 Å². The van der Waals surface area contributed by atoms with Crippen molar-refractivity contribution in [3.63, 3.8) is 0 Å². The normalized spacial score (nSPS) is 17.4. The minimum absolute atomic E-state index is 0.216. The van der Waals surface area contributed by atoms with E-state index in [-0.39, 0.29) is 18.1 Å². The molecule has 1 saturated heterocycles. The molecule has 196 valence electrons. The third kappa shape index (κ3) is 6.37. The molecule has 0 aliphatic carbocycles. The van der Waals surface area contributed by atoms with Crippen molar-refractivity contribution in [3.8, 4) is 0 Å². The molecule has 0 unspecified atom stereocenters. The molecule has 9 nitrogen and oxygen atoms in total. The molecule has 4 rings (SSSR count). The van der Waals surface area contributed by atoms with E-state index >= 15 is 0 Å². The Morgan fingerprint density at radius 1 is 1.16 bits per heavy atom. The number of rotatable bonds is 3. The maximum Gasteiger partial charge on any atom is 0.413 e. The smallest absolute Gasteiger partial charge is 0.413 e. The lowest BCUT2D eigenvalue weighted by molar-refractivity contribution is -0.151. The van der Waals surface area contributed by atoms with Crippen LogP contribution in [0.25, 0.3) is 10.2 Å². The number of pyridine rings is 1. The second-order valence-electron chi connectivity index (χ2n) is 9.87. The Bertz CT molecular complexity index is 1350. The van der Waals surface area contributed by atoms with Gasteiger partial charge in [0.2, 0.25) is 0 Å². The average molecular weight is 532 g/mol. The summed E-state index contributed by atoms with van der Waals surface area (Å²) in [7, 11) is 0. The number of fused-ring (bicyclic) bond motifs is 1. The molecule has 3 amide bonds. The number of carbonyl (C=O) groups excluding carboxylic acids is 3. The second kappa shape index (κ2) is 10.0. The zero-order valence-electron chi connectivity index (χ0n) is 20.8. The number of thiazole rings is 1. The summed E-state index contributed by atoms with van der Waals surface area (Å²) < 4.78 is 34.8. The fourth-order valence-corrected chi connectivity index (χ4v) is 4.71. The molecule has 1 aliphatic heterocycles. The minimum Gasteiger partial charge on any atom is -0.444 e. The van der Waals surface area contributed by atoms with Crippen molar-refractivity contribution in [1.29, 1.82) is 0 Å². The third-order valence-corrected chi connectivity index (χ3v) is 6.55. The van der Waals surface area contributed by atoms with Gasteiger partial charge in [-0.05, 0) is 57.0 Å². The topological polar surface area (TPSA) is 114 Å². The number of aromatic nitrogens is 2. The summed E-state index contributed by atoms with van der Waals surface area (Å²) in [5.41, 5.74) is 2.85. The number of ether oxygens (including phenoxy) is 1. The first-order valence-corrected chi connectivity index (χ1v) is 12.5. The van der Waals surface area contributed by atoms with Gasteiger partial charge in [0.25, 0.3) is 5.92 Å². The predicted octanol–water partition coefficient (Wildman–Crippen LogP) is 5.28. The number of nitrogens with zero attached hydrogens (tertiary/aromatic N) is 3. The van der Waals surface area contributed by atoms with Crippen LogP contribution in [0, 0.1) is 6.92 Å². The lowest BCUT2D eigenvalue weighted by Crippen LogP contribution is -2.48. The van der Waals surface area contributed by atoms with Gasteiger partial charge in [-0.3, -0.25) is 14.9 Å². The predicted molar refractivity (Wildman–Crippen MR) is 136 cm³/mol. The molecule has 1 fully saturated rings. The molecule has 0 saturated carbocycles. The summed E-state index contributed by atoms with van der Waals surface area (Å²) >= 11 is 1.42. The first kappa shape index (κ1) is 26.4. The Balaban J connectivity index is 1.48. The van der Waals surface area contributed by atoms with Gasteiger partial charge in [0.15, 0.2) is 0 Å². The van der Waals surface area contributed by atoms with Crippen molar-refractivity contribution in [3.05, 3.63) is 47.1 Å². The van der Waals surface area contributed by atoms with Crippen LogP contribution in [0.15, 0.2) is 36.0 Å². The SMILES string of the molecule is Cc1cc(NC(=O)C(=O)N2CCC(F)(F)C[C@H]2c2ccc3scnc3c2)cnc1NC(=O)OC(C)(C)C. The molecular weight excluding hydrogens is 504 g/mol. The molecule has 2 N–H and O–H groups in total. The number of alkyl halides is 2. The monoisotopic (exact) mass is 531 g/mol. The Labute approximate surface area is 216 Å². The van der Waals surface area contributed by atoms with Crippen LogP contribution in [0.1, 0.15) is 50.8 Å². The second-order valence-corrected chi connectivity index (χ2v) is 10.8. The van der Waals surface area contributed by atoms with E-state index in [4.69, 9.17) is 4.74 Å². The number of likely N-dealkylation sites (tertiary alicyclic amines) is 1. The highest BCUT2D eigenvalue weighted by atomic mass is 32.1. The Morgan fingerprint density at radius 3 is 2.62 bits per heavy atom. The lowest BCUT2D eigenvalue weighted by atomic mass is 9.92. The maximum atomic E-state index is 14.3. The average Bonchev–Trinajstić information content (AvgIpc) is 3.26. The molecule has 12 heteroatoms. The first-order chi connectivity index (χ1) is 17.3. The molecule has 0 radical (unpaired) electrons. The summed E-state index contributed by atoms with van der Waals surface area (Å²) in [5, 5.41) is 5.01. The van der Waals surface area contributed by atoms with Gasteiger partial charge in [0.05, 0.1) is 33.7 Å². The highest BCUT2D eigenvalue weighted by molar-refractivity contribution is 7.16.